The minimum Gasteiger partial charge on any atom is -0.486 e. The van der Waals surface area contributed by atoms with Crippen LogP contribution < -0.4 is 10.1 Å². The number of furan rings is 1. The fraction of sp³-hybridized carbons (Fsp3) is 0.118. The van der Waals surface area contributed by atoms with Crippen molar-refractivity contribution >= 4 is 40.8 Å². The molecule has 0 amide bonds. The van der Waals surface area contributed by atoms with Crippen molar-refractivity contribution in [2.75, 3.05) is 11.6 Å². The maximum Gasteiger partial charge on any atom is 0.371 e. The van der Waals surface area contributed by atoms with E-state index in [2.05, 4.69) is 15.3 Å². The summed E-state index contributed by atoms with van der Waals surface area (Å²) >= 11 is 7.38. The summed E-state index contributed by atoms with van der Waals surface area (Å²) in [6, 6.07) is 11.8. The first kappa shape index (κ1) is 18.1. The zero-order valence-corrected chi connectivity index (χ0v) is 15.2. The van der Waals surface area contributed by atoms with Crippen LogP contribution in [0.1, 0.15) is 16.3 Å². The van der Waals surface area contributed by atoms with Gasteiger partial charge in [-0.2, -0.15) is 0 Å². The van der Waals surface area contributed by atoms with E-state index in [9.17, 15) is 4.79 Å². The molecule has 3 rings (SSSR count). The molecule has 0 aliphatic carbocycles. The Morgan fingerprint density at radius 3 is 2.69 bits per heavy atom. The Labute approximate surface area is 158 Å². The molecule has 3 aromatic rings. The van der Waals surface area contributed by atoms with Gasteiger partial charge in [0.05, 0.1) is 0 Å². The van der Waals surface area contributed by atoms with Crippen LogP contribution in [0.25, 0.3) is 0 Å². The molecule has 0 radical (unpaired) electrons. The maximum atomic E-state index is 10.8. The van der Waals surface area contributed by atoms with E-state index < -0.39 is 5.97 Å². The van der Waals surface area contributed by atoms with Crippen molar-refractivity contribution in [3.63, 3.8) is 0 Å². The summed E-state index contributed by atoms with van der Waals surface area (Å²) < 4.78 is 10.7. The van der Waals surface area contributed by atoms with E-state index in [0.717, 1.165) is 5.69 Å². The number of rotatable bonds is 7. The molecule has 1 aromatic carbocycles. The smallest absolute Gasteiger partial charge is 0.371 e. The number of aromatic nitrogens is 2. The number of nitrogens with zero attached hydrogens (tertiary/aromatic N) is 2. The van der Waals surface area contributed by atoms with Crippen LogP contribution in [0.4, 0.5) is 11.5 Å². The largest absolute Gasteiger partial charge is 0.486 e. The van der Waals surface area contributed by atoms with Crippen LogP contribution in [0.15, 0.2) is 52.0 Å². The van der Waals surface area contributed by atoms with Gasteiger partial charge in [0, 0.05) is 11.8 Å². The number of benzene rings is 1. The quantitative estimate of drug-likeness (QED) is 0.346. The second-order valence-corrected chi connectivity index (χ2v) is 6.23. The molecule has 2 aromatic heterocycles. The average molecular weight is 392 g/mol. The predicted octanol–water partition coefficient (Wildman–Crippen LogP) is 4.47. The summed E-state index contributed by atoms with van der Waals surface area (Å²) in [6.07, 6.45) is 1.88. The van der Waals surface area contributed by atoms with Crippen molar-refractivity contribution in [2.45, 2.75) is 11.8 Å². The van der Waals surface area contributed by atoms with Gasteiger partial charge < -0.3 is 19.6 Å². The molecular formula is C17H14ClN3O4S. The van der Waals surface area contributed by atoms with Gasteiger partial charge in [0.15, 0.2) is 5.16 Å². The van der Waals surface area contributed by atoms with E-state index in [0.29, 0.717) is 27.6 Å². The van der Waals surface area contributed by atoms with Crippen LogP contribution in [-0.2, 0) is 6.61 Å². The highest BCUT2D eigenvalue weighted by atomic mass is 35.5. The second-order valence-electron chi connectivity index (χ2n) is 5.07. The van der Waals surface area contributed by atoms with E-state index in [4.69, 9.17) is 25.9 Å². The molecule has 0 saturated heterocycles. The van der Waals surface area contributed by atoms with Gasteiger partial charge in [0.2, 0.25) is 5.76 Å². The lowest BCUT2D eigenvalue weighted by atomic mass is 10.3. The highest BCUT2D eigenvalue weighted by Crippen LogP contribution is 2.23. The van der Waals surface area contributed by atoms with Gasteiger partial charge in [-0.15, -0.1) is 0 Å². The summed E-state index contributed by atoms with van der Waals surface area (Å²) in [5.74, 6) is 0.427. The number of carboxylic acids is 1. The summed E-state index contributed by atoms with van der Waals surface area (Å²) in [6.45, 7) is 0.138. The lowest BCUT2D eigenvalue weighted by Gasteiger charge is -2.09. The highest BCUT2D eigenvalue weighted by molar-refractivity contribution is 7.98. The van der Waals surface area contributed by atoms with Crippen molar-refractivity contribution in [2.24, 2.45) is 0 Å². The Bertz CT molecular complexity index is 915. The van der Waals surface area contributed by atoms with Gasteiger partial charge in [0.25, 0.3) is 0 Å². The molecule has 0 spiro atoms. The third-order valence-corrected chi connectivity index (χ3v) is 3.98. The Morgan fingerprint density at radius 2 is 2.04 bits per heavy atom. The fourth-order valence-electron chi connectivity index (χ4n) is 2.06. The van der Waals surface area contributed by atoms with Gasteiger partial charge in [-0.05, 0) is 42.7 Å². The number of carboxylic acid groups (broad SMARTS) is 1. The number of halogens is 1. The molecule has 134 valence electrons. The monoisotopic (exact) mass is 391 g/mol. The molecule has 0 bridgehead atoms. The van der Waals surface area contributed by atoms with E-state index >= 15 is 0 Å². The van der Waals surface area contributed by atoms with Crippen molar-refractivity contribution in [3.8, 4) is 5.75 Å². The Morgan fingerprint density at radius 1 is 1.27 bits per heavy atom. The summed E-state index contributed by atoms with van der Waals surface area (Å²) in [5.41, 5.74) is 0.810. The summed E-state index contributed by atoms with van der Waals surface area (Å²) in [4.78, 5) is 19.2. The van der Waals surface area contributed by atoms with Gasteiger partial charge >= 0.3 is 5.97 Å². The molecule has 0 fully saturated rings. The molecule has 2 heterocycles. The van der Waals surface area contributed by atoms with Gasteiger partial charge in [-0.25, -0.2) is 14.8 Å². The minimum absolute atomic E-state index is 0.115. The standard InChI is InChI=1S/C17H14ClN3O4S/c1-26-17-20-14(18)8-15(21-17)19-10-2-4-11(5-3-10)24-9-12-6-7-13(25-12)16(22)23/h2-8H,9H2,1H3,(H,22,23)(H,19,20,21). The number of nitrogens with one attached hydrogen (secondary N) is 1. The summed E-state index contributed by atoms with van der Waals surface area (Å²) in [5, 5.41) is 12.9. The number of hydrogen-bond donors (Lipinski definition) is 2. The molecule has 0 unspecified atom stereocenters. The Hall–Kier alpha value is -2.71. The first-order valence-corrected chi connectivity index (χ1v) is 9.04. The van der Waals surface area contributed by atoms with Gasteiger partial charge in [-0.3, -0.25) is 0 Å². The van der Waals surface area contributed by atoms with Crippen LogP contribution in [0.3, 0.4) is 0 Å². The number of thioether (sulfide) groups is 1. The van der Waals surface area contributed by atoms with E-state index in [1.165, 1.54) is 17.8 Å². The normalized spacial score (nSPS) is 10.5. The van der Waals surface area contributed by atoms with Crippen LogP contribution in [0.5, 0.6) is 5.75 Å². The second kappa shape index (κ2) is 8.11. The zero-order chi connectivity index (χ0) is 18.5. The van der Waals surface area contributed by atoms with Crippen LogP contribution in [-0.4, -0.2) is 27.3 Å². The molecule has 0 atom stereocenters. The molecule has 0 saturated carbocycles. The lowest BCUT2D eigenvalue weighted by molar-refractivity contribution is 0.0658. The van der Waals surface area contributed by atoms with Crippen molar-refractivity contribution in [1.82, 2.24) is 9.97 Å². The van der Waals surface area contributed by atoms with Crippen molar-refractivity contribution in [3.05, 3.63) is 59.1 Å². The fourth-order valence-corrected chi connectivity index (χ4v) is 2.67. The third-order valence-electron chi connectivity index (χ3n) is 3.24. The lowest BCUT2D eigenvalue weighted by Crippen LogP contribution is -1.97. The Balaban J connectivity index is 1.61. The molecular weight excluding hydrogens is 378 g/mol. The van der Waals surface area contributed by atoms with E-state index in [1.54, 1.807) is 24.3 Å². The number of ether oxygens (including phenoxy) is 1. The topological polar surface area (TPSA) is 97.5 Å². The molecule has 0 aliphatic rings. The molecule has 2 N–H and O–H groups in total. The molecule has 7 nitrogen and oxygen atoms in total. The van der Waals surface area contributed by atoms with Gasteiger partial charge in [0.1, 0.15) is 29.1 Å². The number of anilines is 2. The molecule has 26 heavy (non-hydrogen) atoms. The first-order valence-electron chi connectivity index (χ1n) is 7.44. The summed E-state index contributed by atoms with van der Waals surface area (Å²) in [7, 11) is 0. The Kier molecular flexibility index (Phi) is 5.65. The number of carbonyl (C=O) groups is 1. The van der Waals surface area contributed by atoms with Crippen molar-refractivity contribution in [1.29, 1.82) is 0 Å². The van der Waals surface area contributed by atoms with E-state index in [1.807, 2.05) is 18.4 Å². The highest BCUT2D eigenvalue weighted by Gasteiger charge is 2.09. The minimum atomic E-state index is -1.11. The SMILES string of the molecule is CSc1nc(Cl)cc(Nc2ccc(OCc3ccc(C(=O)O)o3)cc2)n1. The number of aromatic carboxylic acids is 1. The van der Waals surface area contributed by atoms with Crippen molar-refractivity contribution < 1.29 is 19.1 Å². The zero-order valence-electron chi connectivity index (χ0n) is 13.6. The predicted molar refractivity (Wildman–Crippen MR) is 98.5 cm³/mol. The maximum absolute atomic E-state index is 10.8. The average Bonchev–Trinajstić information content (AvgIpc) is 3.10. The van der Waals surface area contributed by atoms with Crippen LogP contribution >= 0.6 is 23.4 Å². The molecule has 0 aliphatic heterocycles. The third kappa shape index (κ3) is 4.68. The van der Waals surface area contributed by atoms with Gasteiger partial charge in [-0.1, -0.05) is 23.4 Å². The van der Waals surface area contributed by atoms with Crippen LogP contribution in [0.2, 0.25) is 5.15 Å². The number of hydrogen-bond acceptors (Lipinski definition) is 7. The molecule has 9 heteroatoms. The first-order chi connectivity index (χ1) is 12.5. The van der Waals surface area contributed by atoms with Crippen LogP contribution in [0, 0.1) is 0 Å². The van der Waals surface area contributed by atoms with E-state index in [-0.39, 0.29) is 12.4 Å².